The van der Waals surface area contributed by atoms with Crippen molar-refractivity contribution in [3.8, 4) is 0 Å². The van der Waals surface area contributed by atoms with Crippen LogP contribution >= 0.6 is 0 Å². The summed E-state index contributed by atoms with van der Waals surface area (Å²) in [5, 5.41) is 0. The summed E-state index contributed by atoms with van der Waals surface area (Å²) in [6, 6.07) is 5.90. The maximum Gasteiger partial charge on any atom is 0.357 e. The Balaban J connectivity index is 2.84. The Morgan fingerprint density at radius 2 is 2.06 bits per heavy atom. The first-order valence-electron chi connectivity index (χ1n) is 5.45. The number of esters is 1. The highest BCUT2D eigenvalue weighted by Crippen LogP contribution is 2.17. The van der Waals surface area contributed by atoms with E-state index in [-0.39, 0.29) is 17.9 Å². The first-order chi connectivity index (χ1) is 8.44. The van der Waals surface area contributed by atoms with Crippen LogP contribution in [0, 0.1) is 0 Å². The van der Waals surface area contributed by atoms with E-state index < -0.39 is 16.3 Å². The van der Waals surface area contributed by atoms with E-state index in [2.05, 4.69) is 0 Å². The van der Waals surface area contributed by atoms with Crippen LogP contribution in [-0.2, 0) is 15.0 Å². The molecule has 0 aliphatic rings. The lowest BCUT2D eigenvalue weighted by Crippen LogP contribution is -2.15. The largest absolute Gasteiger partial charge is 0.462 e. The molecule has 0 spiro atoms. The van der Waals surface area contributed by atoms with Crippen molar-refractivity contribution < 1.29 is 22.5 Å². The lowest BCUT2D eigenvalue weighted by molar-refractivity contribution is 0.0501. The number of carbonyl (C=O) groups is 1. The number of ether oxygens (including phenoxy) is 1. The van der Waals surface area contributed by atoms with Gasteiger partial charge in [0.05, 0.1) is 17.9 Å². The molecular weight excluding hydrogens is 258 g/mol. The van der Waals surface area contributed by atoms with Crippen molar-refractivity contribution in [2.45, 2.75) is 19.8 Å². The van der Waals surface area contributed by atoms with Gasteiger partial charge in [-0.1, -0.05) is 25.5 Å². The van der Waals surface area contributed by atoms with Gasteiger partial charge in [-0.15, -0.1) is 0 Å². The van der Waals surface area contributed by atoms with Gasteiger partial charge in [0, 0.05) is 0 Å². The first kappa shape index (κ1) is 14.5. The predicted molar refractivity (Wildman–Crippen MR) is 66.8 cm³/mol. The first-order valence-corrected chi connectivity index (χ1v) is 6.89. The van der Waals surface area contributed by atoms with Crippen molar-refractivity contribution in [1.82, 2.24) is 0 Å². The number of hydrogen-bond acceptors (Lipinski definition) is 4. The van der Waals surface area contributed by atoms with Crippen LogP contribution in [0.3, 0.4) is 0 Å². The highest BCUT2D eigenvalue weighted by atomic mass is 32.2. The number of para-hydroxylation sites is 1. The molecule has 0 saturated carbocycles. The van der Waals surface area contributed by atoms with Crippen molar-refractivity contribution in [3.63, 3.8) is 0 Å². The van der Waals surface area contributed by atoms with Gasteiger partial charge in [-0.25, -0.2) is 4.79 Å². The second-order valence-corrected chi connectivity index (χ2v) is 4.77. The highest BCUT2D eigenvalue weighted by molar-refractivity contribution is 7.87. The minimum Gasteiger partial charge on any atom is -0.462 e. The van der Waals surface area contributed by atoms with Gasteiger partial charge in [0.25, 0.3) is 0 Å². The third-order valence-corrected chi connectivity index (χ3v) is 2.59. The molecule has 100 valence electrons. The fourth-order valence-corrected chi connectivity index (χ4v) is 1.73. The molecule has 7 heteroatoms. The number of rotatable bonds is 6. The summed E-state index contributed by atoms with van der Waals surface area (Å²) in [5.41, 5.74) is 0.0488. The molecule has 0 bridgehead atoms. The van der Waals surface area contributed by atoms with Crippen LogP contribution in [0.15, 0.2) is 24.3 Å². The van der Waals surface area contributed by atoms with E-state index in [1.165, 1.54) is 18.2 Å². The third kappa shape index (κ3) is 4.72. The van der Waals surface area contributed by atoms with E-state index in [1.807, 2.05) is 11.6 Å². The molecule has 0 aliphatic carbocycles. The Morgan fingerprint density at radius 1 is 1.39 bits per heavy atom. The molecule has 0 amide bonds. The van der Waals surface area contributed by atoms with E-state index in [0.29, 0.717) is 0 Å². The lowest BCUT2D eigenvalue weighted by atomic mass is 10.2. The summed E-state index contributed by atoms with van der Waals surface area (Å²) in [5.74, 6) is -0.629. The minimum absolute atomic E-state index is 0.0125. The van der Waals surface area contributed by atoms with Crippen LogP contribution in [0.4, 0.5) is 5.69 Å². The molecule has 0 heterocycles. The Labute approximate surface area is 106 Å². The molecule has 1 rings (SSSR count). The summed E-state index contributed by atoms with van der Waals surface area (Å²) in [6.45, 7) is 2.23. The quantitative estimate of drug-likeness (QED) is 0.469. The molecule has 0 atom stereocenters. The zero-order valence-electron chi connectivity index (χ0n) is 9.92. The van der Waals surface area contributed by atoms with E-state index >= 15 is 0 Å². The van der Waals surface area contributed by atoms with Crippen LogP contribution in [0.5, 0.6) is 0 Å². The Hall–Kier alpha value is -1.60. The molecule has 0 radical (unpaired) electrons. The summed E-state index contributed by atoms with van der Waals surface area (Å²) in [6.07, 6.45) is 1.62. The van der Waals surface area contributed by atoms with Crippen molar-refractivity contribution in [1.29, 1.82) is 0 Å². The molecule has 0 fully saturated rings. The van der Waals surface area contributed by atoms with Crippen LogP contribution in [0.25, 0.3) is 0 Å². The molecular formula is C11H15NO5S. The number of carbonyl (C=O) groups excluding carboxylic acids is 1. The summed E-state index contributed by atoms with van der Waals surface area (Å²) >= 11 is 0. The van der Waals surface area contributed by atoms with Crippen LogP contribution in [0.1, 0.15) is 30.1 Å². The van der Waals surface area contributed by atoms with Crippen molar-refractivity contribution in [2.24, 2.45) is 0 Å². The average molecular weight is 273 g/mol. The van der Waals surface area contributed by atoms with Crippen LogP contribution < -0.4 is 4.72 Å². The number of benzene rings is 1. The minimum atomic E-state index is -4.42. The van der Waals surface area contributed by atoms with Crippen LogP contribution in [-0.4, -0.2) is 25.5 Å². The fraction of sp³-hybridized carbons (Fsp3) is 0.364. The number of unbranched alkanes of at least 4 members (excludes halogenated alkanes) is 1. The third-order valence-electron chi connectivity index (χ3n) is 2.12. The Morgan fingerprint density at radius 3 is 2.67 bits per heavy atom. The molecule has 18 heavy (non-hydrogen) atoms. The number of anilines is 1. The van der Waals surface area contributed by atoms with Gasteiger partial charge in [0.1, 0.15) is 0 Å². The average Bonchev–Trinajstić information content (AvgIpc) is 2.27. The summed E-state index contributed by atoms with van der Waals surface area (Å²) in [4.78, 5) is 11.7. The van der Waals surface area contributed by atoms with Crippen molar-refractivity contribution in [2.75, 3.05) is 11.3 Å². The topological polar surface area (TPSA) is 92.7 Å². The van der Waals surface area contributed by atoms with Gasteiger partial charge in [-0.05, 0) is 18.6 Å². The fourth-order valence-electron chi connectivity index (χ4n) is 1.28. The smallest absolute Gasteiger partial charge is 0.357 e. The second-order valence-electron chi connectivity index (χ2n) is 3.61. The van der Waals surface area contributed by atoms with Gasteiger partial charge < -0.3 is 4.74 Å². The molecule has 0 unspecified atom stereocenters. The van der Waals surface area contributed by atoms with Gasteiger partial charge in [-0.2, -0.15) is 8.42 Å². The second kappa shape index (κ2) is 6.36. The van der Waals surface area contributed by atoms with Gasteiger partial charge in [-0.3, -0.25) is 9.27 Å². The van der Waals surface area contributed by atoms with Gasteiger partial charge in [0.2, 0.25) is 0 Å². The summed E-state index contributed by atoms with van der Waals surface area (Å²) in [7, 11) is -4.42. The maximum absolute atomic E-state index is 11.7. The van der Waals surface area contributed by atoms with E-state index in [9.17, 15) is 13.2 Å². The molecule has 6 nitrogen and oxygen atoms in total. The zero-order valence-corrected chi connectivity index (χ0v) is 10.7. The van der Waals surface area contributed by atoms with Gasteiger partial charge >= 0.3 is 16.3 Å². The van der Waals surface area contributed by atoms with Crippen LogP contribution in [0.2, 0.25) is 0 Å². The molecule has 0 saturated heterocycles. The van der Waals surface area contributed by atoms with Crippen molar-refractivity contribution in [3.05, 3.63) is 29.8 Å². The monoisotopic (exact) mass is 273 g/mol. The highest BCUT2D eigenvalue weighted by Gasteiger charge is 2.15. The van der Waals surface area contributed by atoms with Crippen molar-refractivity contribution >= 4 is 22.0 Å². The molecule has 1 aromatic carbocycles. The summed E-state index contributed by atoms with van der Waals surface area (Å²) < 4.78 is 37.0. The Kier molecular flexibility index (Phi) is 5.11. The maximum atomic E-state index is 11.7. The lowest BCUT2D eigenvalue weighted by Gasteiger charge is -2.09. The van der Waals surface area contributed by atoms with E-state index in [0.717, 1.165) is 12.8 Å². The zero-order chi connectivity index (χ0) is 13.6. The molecule has 1 aromatic rings. The predicted octanol–water partition coefficient (Wildman–Crippen LogP) is 1.86. The Bertz CT molecular complexity index is 512. The molecule has 0 aromatic heterocycles. The number of nitrogens with one attached hydrogen (secondary N) is 1. The number of hydrogen-bond donors (Lipinski definition) is 2. The van der Waals surface area contributed by atoms with E-state index in [4.69, 9.17) is 9.29 Å². The molecule has 0 aliphatic heterocycles. The normalized spacial score (nSPS) is 11.0. The van der Waals surface area contributed by atoms with E-state index in [1.54, 1.807) is 6.07 Å². The SMILES string of the molecule is CCCCOC(=O)c1ccccc1NS(=O)(=O)O. The molecule has 2 N–H and O–H groups in total. The standard InChI is InChI=1S/C11H15NO5S/c1-2-3-8-17-11(13)9-6-4-5-7-10(9)12-18(14,15)16/h4-7,12H,2-3,8H2,1H3,(H,14,15,16). The van der Waals surface area contributed by atoms with Gasteiger partial charge in [0.15, 0.2) is 0 Å².